The van der Waals surface area contributed by atoms with E-state index in [1.807, 2.05) is 36.4 Å². The highest BCUT2D eigenvalue weighted by Gasteiger charge is 2.41. The van der Waals surface area contributed by atoms with Gasteiger partial charge in [0.15, 0.2) is 0 Å². The number of rotatable bonds is 11. The molecule has 1 aromatic rings. The predicted octanol–water partition coefficient (Wildman–Crippen LogP) is 3.41. The Balaban J connectivity index is 1.89. The number of allylic oxidation sites excluding steroid dienone is 2. The van der Waals surface area contributed by atoms with E-state index in [0.29, 0.717) is 25.9 Å². The number of halogens is 1. The van der Waals surface area contributed by atoms with Gasteiger partial charge < -0.3 is 20.1 Å². The number of aliphatic carboxylic acids is 1. The summed E-state index contributed by atoms with van der Waals surface area (Å²) in [5, 5.41) is 28.1. The van der Waals surface area contributed by atoms with Gasteiger partial charge in [-0.3, -0.25) is 4.79 Å². The zero-order chi connectivity index (χ0) is 19.6. The molecule has 0 radical (unpaired) electrons. The van der Waals surface area contributed by atoms with Crippen LogP contribution in [0.2, 0.25) is 0 Å². The van der Waals surface area contributed by atoms with Gasteiger partial charge in [0.2, 0.25) is 0 Å². The summed E-state index contributed by atoms with van der Waals surface area (Å²) >= 11 is 6.45. The van der Waals surface area contributed by atoms with Gasteiger partial charge in [0, 0.05) is 24.3 Å². The third-order valence-electron chi connectivity index (χ3n) is 5.10. The molecule has 1 aliphatic rings. The average Bonchev–Trinajstić information content (AvgIpc) is 2.90. The van der Waals surface area contributed by atoms with E-state index >= 15 is 0 Å². The monoisotopic (exact) mass is 396 g/mol. The molecule has 1 saturated carbocycles. The molecular formula is C21H29ClO5. The van der Waals surface area contributed by atoms with Gasteiger partial charge in [-0.15, -0.1) is 11.6 Å². The molecule has 1 fully saturated rings. The second kappa shape index (κ2) is 11.3. The number of aliphatic hydroxyl groups is 2. The Kier molecular flexibility index (Phi) is 9.11. The minimum atomic E-state index is -0.776. The smallest absolute Gasteiger partial charge is 0.303 e. The van der Waals surface area contributed by atoms with Crippen molar-refractivity contribution in [2.75, 3.05) is 13.2 Å². The highest BCUT2D eigenvalue weighted by Crippen LogP contribution is 2.39. The summed E-state index contributed by atoms with van der Waals surface area (Å²) in [7, 11) is 0. The minimum absolute atomic E-state index is 0.0571. The van der Waals surface area contributed by atoms with Crippen LogP contribution in [-0.2, 0) is 11.2 Å². The lowest BCUT2D eigenvalue weighted by Gasteiger charge is -2.23. The minimum Gasteiger partial charge on any atom is -0.493 e. The summed E-state index contributed by atoms with van der Waals surface area (Å²) < 4.78 is 5.97. The van der Waals surface area contributed by atoms with E-state index in [9.17, 15) is 15.0 Å². The van der Waals surface area contributed by atoms with Crippen LogP contribution in [0.4, 0.5) is 0 Å². The van der Waals surface area contributed by atoms with Gasteiger partial charge in [-0.1, -0.05) is 30.4 Å². The lowest BCUT2D eigenvalue weighted by atomic mass is 9.92. The standard InChI is InChI=1S/C21H29ClO5/c22-18-13-19(24)17(16(18)8-3-1-2-4-10-21(25)26)14-27-20-9-6-5-7-15(20)11-12-23/h1,3,5-7,9,16-19,23-24H,2,4,8,10-14H2,(H,25,26)/b3-1-/t16-,17-,18+,19-/m1/s1. The summed E-state index contributed by atoms with van der Waals surface area (Å²) in [4.78, 5) is 10.5. The van der Waals surface area contributed by atoms with Crippen LogP contribution < -0.4 is 4.74 Å². The largest absolute Gasteiger partial charge is 0.493 e. The van der Waals surface area contributed by atoms with E-state index in [1.165, 1.54) is 0 Å². The van der Waals surface area contributed by atoms with Gasteiger partial charge in [0.05, 0.1) is 12.7 Å². The molecule has 0 bridgehead atoms. The van der Waals surface area contributed by atoms with Crippen molar-refractivity contribution in [2.45, 2.75) is 50.0 Å². The Morgan fingerprint density at radius 3 is 2.78 bits per heavy atom. The van der Waals surface area contributed by atoms with Crippen molar-refractivity contribution >= 4 is 17.6 Å². The Morgan fingerprint density at radius 2 is 2.04 bits per heavy atom. The molecule has 3 N–H and O–H groups in total. The van der Waals surface area contributed by atoms with E-state index in [2.05, 4.69) is 0 Å². The number of aliphatic hydroxyl groups excluding tert-OH is 2. The van der Waals surface area contributed by atoms with Crippen molar-refractivity contribution in [3.63, 3.8) is 0 Å². The van der Waals surface area contributed by atoms with Crippen LogP contribution in [0.5, 0.6) is 5.75 Å². The predicted molar refractivity (Wildman–Crippen MR) is 105 cm³/mol. The maximum Gasteiger partial charge on any atom is 0.303 e. The van der Waals surface area contributed by atoms with Crippen molar-refractivity contribution in [2.24, 2.45) is 11.8 Å². The molecule has 1 aliphatic carbocycles. The summed E-state index contributed by atoms with van der Waals surface area (Å²) in [6.45, 7) is 0.440. The first-order chi connectivity index (χ1) is 13.0. The topological polar surface area (TPSA) is 87.0 Å². The number of unbranched alkanes of at least 4 members (excludes halogenated alkanes) is 1. The van der Waals surface area contributed by atoms with Gasteiger partial charge in [0.25, 0.3) is 0 Å². The number of alkyl halides is 1. The Morgan fingerprint density at radius 1 is 1.26 bits per heavy atom. The van der Waals surface area contributed by atoms with Gasteiger partial charge >= 0.3 is 5.97 Å². The fraction of sp³-hybridized carbons (Fsp3) is 0.571. The van der Waals surface area contributed by atoms with Crippen LogP contribution in [0.3, 0.4) is 0 Å². The molecule has 0 heterocycles. The van der Waals surface area contributed by atoms with Crippen LogP contribution in [0.25, 0.3) is 0 Å². The van der Waals surface area contributed by atoms with Crippen LogP contribution in [0.1, 0.15) is 37.7 Å². The van der Waals surface area contributed by atoms with Crippen molar-refractivity contribution in [1.82, 2.24) is 0 Å². The highest BCUT2D eigenvalue weighted by molar-refractivity contribution is 6.21. The Labute approximate surface area is 165 Å². The molecule has 5 nitrogen and oxygen atoms in total. The van der Waals surface area contributed by atoms with E-state index in [1.54, 1.807) is 0 Å². The van der Waals surface area contributed by atoms with Crippen LogP contribution >= 0.6 is 11.6 Å². The zero-order valence-corrected chi connectivity index (χ0v) is 16.2. The third-order valence-corrected chi connectivity index (χ3v) is 5.60. The second-order valence-electron chi connectivity index (χ2n) is 7.03. The number of carboxylic acid groups (broad SMARTS) is 1. The van der Waals surface area contributed by atoms with Crippen LogP contribution in [0.15, 0.2) is 36.4 Å². The molecule has 0 unspecified atom stereocenters. The SMILES string of the molecule is O=C(O)CCC/C=C\C[C@@H]1[C@@H](COc2ccccc2CCO)[C@H](O)C[C@@H]1Cl. The molecule has 27 heavy (non-hydrogen) atoms. The molecule has 0 spiro atoms. The van der Waals surface area contributed by atoms with Gasteiger partial charge in [-0.25, -0.2) is 0 Å². The first-order valence-electron chi connectivity index (χ1n) is 9.53. The Bertz CT molecular complexity index is 618. The molecule has 0 aromatic heterocycles. The summed E-state index contributed by atoms with van der Waals surface area (Å²) in [5.41, 5.74) is 0.949. The highest BCUT2D eigenvalue weighted by atomic mass is 35.5. The summed E-state index contributed by atoms with van der Waals surface area (Å²) in [6, 6.07) is 7.61. The van der Waals surface area contributed by atoms with Gasteiger partial charge in [-0.2, -0.15) is 0 Å². The van der Waals surface area contributed by atoms with E-state index < -0.39 is 12.1 Å². The molecule has 2 rings (SSSR count). The lowest BCUT2D eigenvalue weighted by molar-refractivity contribution is -0.137. The number of ether oxygens (including phenoxy) is 1. The molecule has 150 valence electrons. The molecule has 0 amide bonds. The molecule has 6 heteroatoms. The van der Waals surface area contributed by atoms with E-state index in [-0.39, 0.29) is 30.2 Å². The number of carbonyl (C=O) groups is 1. The van der Waals surface area contributed by atoms with Crippen molar-refractivity contribution in [1.29, 1.82) is 0 Å². The molecule has 4 atom stereocenters. The van der Waals surface area contributed by atoms with E-state index in [0.717, 1.165) is 24.2 Å². The summed E-state index contributed by atoms with van der Waals surface area (Å²) in [6.07, 6.45) is 6.87. The fourth-order valence-corrected chi connectivity index (χ4v) is 4.06. The average molecular weight is 397 g/mol. The van der Waals surface area contributed by atoms with Crippen LogP contribution in [0, 0.1) is 11.8 Å². The van der Waals surface area contributed by atoms with Gasteiger partial charge in [0.1, 0.15) is 5.75 Å². The third kappa shape index (κ3) is 6.83. The quantitative estimate of drug-likeness (QED) is 0.303. The normalized spacial score (nSPS) is 25.1. The van der Waals surface area contributed by atoms with Gasteiger partial charge in [-0.05, 0) is 49.7 Å². The maximum absolute atomic E-state index is 10.5. The molecule has 0 aliphatic heterocycles. The second-order valence-corrected chi connectivity index (χ2v) is 7.59. The number of carboxylic acids is 1. The molecule has 1 aromatic carbocycles. The first kappa shape index (κ1) is 21.7. The Hall–Kier alpha value is -1.56. The molecular weight excluding hydrogens is 368 g/mol. The fourth-order valence-electron chi connectivity index (χ4n) is 3.59. The number of para-hydroxylation sites is 1. The van der Waals surface area contributed by atoms with Crippen LogP contribution in [-0.4, -0.2) is 46.0 Å². The molecule has 0 saturated heterocycles. The number of hydrogen-bond acceptors (Lipinski definition) is 4. The number of hydrogen-bond donors (Lipinski definition) is 3. The van der Waals surface area contributed by atoms with Crippen molar-refractivity contribution < 1.29 is 24.9 Å². The van der Waals surface area contributed by atoms with Crippen molar-refractivity contribution in [3.8, 4) is 5.75 Å². The lowest BCUT2D eigenvalue weighted by Crippen LogP contribution is -2.27. The maximum atomic E-state index is 10.5. The van der Waals surface area contributed by atoms with Crippen molar-refractivity contribution in [3.05, 3.63) is 42.0 Å². The summed E-state index contributed by atoms with van der Waals surface area (Å²) in [5.74, 6) is 0.0160. The van der Waals surface area contributed by atoms with E-state index in [4.69, 9.17) is 21.4 Å². The number of benzene rings is 1. The first-order valence-corrected chi connectivity index (χ1v) is 9.97. The zero-order valence-electron chi connectivity index (χ0n) is 15.5.